The summed E-state index contributed by atoms with van der Waals surface area (Å²) in [4.78, 5) is 12.3. The predicted molar refractivity (Wildman–Crippen MR) is 105 cm³/mol. The van der Waals surface area contributed by atoms with Gasteiger partial charge in [-0.15, -0.1) is 10.2 Å². The number of benzene rings is 2. The van der Waals surface area contributed by atoms with Crippen LogP contribution in [0, 0.1) is 6.92 Å². The van der Waals surface area contributed by atoms with Crippen LogP contribution in [0.4, 0.5) is 0 Å². The summed E-state index contributed by atoms with van der Waals surface area (Å²) in [6.45, 7) is 4.03. The molecule has 1 N–H and O–H groups in total. The van der Waals surface area contributed by atoms with Crippen molar-refractivity contribution in [3.63, 3.8) is 0 Å². The van der Waals surface area contributed by atoms with Crippen molar-refractivity contribution in [2.75, 3.05) is 5.75 Å². The number of nitrogens with one attached hydrogen (secondary N) is 1. The van der Waals surface area contributed by atoms with Crippen LogP contribution in [0.3, 0.4) is 0 Å². The van der Waals surface area contributed by atoms with E-state index in [1.54, 1.807) is 6.33 Å². The van der Waals surface area contributed by atoms with E-state index >= 15 is 0 Å². The van der Waals surface area contributed by atoms with Gasteiger partial charge in [0.1, 0.15) is 6.33 Å². The van der Waals surface area contributed by atoms with Gasteiger partial charge in [-0.25, -0.2) is 0 Å². The van der Waals surface area contributed by atoms with Crippen LogP contribution in [0.2, 0.25) is 5.02 Å². The van der Waals surface area contributed by atoms with Crippen molar-refractivity contribution in [1.29, 1.82) is 0 Å². The Hall–Kier alpha value is -2.31. The minimum absolute atomic E-state index is 0.0462. The van der Waals surface area contributed by atoms with E-state index in [2.05, 4.69) is 15.5 Å². The monoisotopic (exact) mass is 386 g/mol. The molecule has 0 radical (unpaired) electrons. The van der Waals surface area contributed by atoms with Crippen molar-refractivity contribution >= 4 is 29.3 Å². The van der Waals surface area contributed by atoms with Crippen molar-refractivity contribution < 1.29 is 4.79 Å². The molecule has 0 spiro atoms. The maximum atomic E-state index is 12.3. The molecule has 26 heavy (non-hydrogen) atoms. The maximum Gasteiger partial charge on any atom is 0.230 e. The van der Waals surface area contributed by atoms with E-state index in [1.807, 2.05) is 66.9 Å². The van der Waals surface area contributed by atoms with E-state index in [0.717, 1.165) is 16.8 Å². The smallest absolute Gasteiger partial charge is 0.230 e. The minimum Gasteiger partial charge on any atom is -0.349 e. The van der Waals surface area contributed by atoms with Crippen LogP contribution in [0.15, 0.2) is 60.0 Å². The molecule has 0 saturated heterocycles. The summed E-state index contributed by atoms with van der Waals surface area (Å²) < 4.78 is 1.81. The largest absolute Gasteiger partial charge is 0.349 e. The van der Waals surface area contributed by atoms with Gasteiger partial charge in [0.15, 0.2) is 5.16 Å². The van der Waals surface area contributed by atoms with Crippen LogP contribution in [-0.2, 0) is 4.79 Å². The van der Waals surface area contributed by atoms with Gasteiger partial charge in [0.2, 0.25) is 5.91 Å². The second-order valence-corrected chi connectivity index (χ2v) is 7.28. The van der Waals surface area contributed by atoms with E-state index in [-0.39, 0.29) is 17.7 Å². The molecule has 1 heterocycles. The molecular weight excluding hydrogens is 368 g/mol. The molecular formula is C19H19ClN4OS. The van der Waals surface area contributed by atoms with Gasteiger partial charge in [0.05, 0.1) is 17.5 Å². The molecule has 0 aliphatic carbocycles. The van der Waals surface area contributed by atoms with Gasteiger partial charge in [0, 0.05) is 5.02 Å². The van der Waals surface area contributed by atoms with Gasteiger partial charge in [-0.2, -0.15) is 0 Å². The summed E-state index contributed by atoms with van der Waals surface area (Å²) in [5, 5.41) is 12.4. The lowest BCUT2D eigenvalue weighted by molar-refractivity contribution is -0.119. The highest BCUT2D eigenvalue weighted by Gasteiger charge is 2.14. The SMILES string of the molecule is Cc1ccccc1C(C)NC(=O)CSc1nncn1-c1cccc(Cl)c1. The molecule has 1 aromatic heterocycles. The summed E-state index contributed by atoms with van der Waals surface area (Å²) in [6, 6.07) is 15.4. The first-order valence-corrected chi connectivity index (χ1v) is 9.54. The number of hydrogen-bond acceptors (Lipinski definition) is 4. The molecule has 1 unspecified atom stereocenters. The first kappa shape index (κ1) is 18.5. The van der Waals surface area contributed by atoms with Gasteiger partial charge < -0.3 is 5.32 Å². The van der Waals surface area contributed by atoms with E-state index in [9.17, 15) is 4.79 Å². The Kier molecular flexibility index (Phi) is 5.96. The lowest BCUT2D eigenvalue weighted by Gasteiger charge is -2.16. The quantitative estimate of drug-likeness (QED) is 0.645. The molecule has 7 heteroatoms. The third-order valence-corrected chi connectivity index (χ3v) is 5.15. The Morgan fingerprint density at radius 2 is 2.08 bits per heavy atom. The summed E-state index contributed by atoms with van der Waals surface area (Å²) in [6.07, 6.45) is 1.61. The lowest BCUT2D eigenvalue weighted by Crippen LogP contribution is -2.28. The summed E-state index contributed by atoms with van der Waals surface area (Å²) in [7, 11) is 0. The Morgan fingerprint density at radius 3 is 2.85 bits per heavy atom. The summed E-state index contributed by atoms with van der Waals surface area (Å²) in [5.74, 6) is 0.210. The highest BCUT2D eigenvalue weighted by atomic mass is 35.5. The third-order valence-electron chi connectivity index (χ3n) is 3.97. The van der Waals surface area contributed by atoms with Crippen molar-refractivity contribution in [2.45, 2.75) is 25.0 Å². The molecule has 0 saturated carbocycles. The zero-order valence-corrected chi connectivity index (χ0v) is 16.1. The Labute approximate surface area is 161 Å². The van der Waals surface area contributed by atoms with Crippen LogP contribution < -0.4 is 5.32 Å². The summed E-state index contributed by atoms with van der Waals surface area (Å²) in [5.41, 5.74) is 3.14. The number of aryl methyl sites for hydroxylation is 1. The van der Waals surface area contributed by atoms with Crippen LogP contribution in [-0.4, -0.2) is 26.4 Å². The first-order valence-electron chi connectivity index (χ1n) is 8.18. The molecule has 0 aliphatic rings. The van der Waals surface area contributed by atoms with Crippen LogP contribution in [0.25, 0.3) is 5.69 Å². The average Bonchev–Trinajstić information content (AvgIpc) is 3.09. The third kappa shape index (κ3) is 4.45. The molecule has 0 fully saturated rings. The molecule has 1 atom stereocenters. The topological polar surface area (TPSA) is 59.8 Å². The predicted octanol–water partition coefficient (Wildman–Crippen LogP) is 4.20. The molecule has 0 aliphatic heterocycles. The van der Waals surface area contributed by atoms with Gasteiger partial charge in [0.25, 0.3) is 0 Å². The fraction of sp³-hybridized carbons (Fsp3) is 0.211. The highest BCUT2D eigenvalue weighted by molar-refractivity contribution is 7.99. The number of thioether (sulfide) groups is 1. The number of rotatable bonds is 6. The van der Waals surface area contributed by atoms with E-state index in [1.165, 1.54) is 11.8 Å². The summed E-state index contributed by atoms with van der Waals surface area (Å²) >= 11 is 7.38. The van der Waals surface area contributed by atoms with Crippen molar-refractivity contribution in [3.05, 3.63) is 71.0 Å². The van der Waals surface area contributed by atoms with Crippen LogP contribution in [0.1, 0.15) is 24.1 Å². The normalized spacial score (nSPS) is 12.0. The van der Waals surface area contributed by atoms with Crippen LogP contribution in [0.5, 0.6) is 0 Å². The zero-order valence-electron chi connectivity index (χ0n) is 14.5. The fourth-order valence-electron chi connectivity index (χ4n) is 2.69. The number of hydrogen-bond donors (Lipinski definition) is 1. The van der Waals surface area contributed by atoms with E-state index in [0.29, 0.717) is 10.2 Å². The molecule has 5 nitrogen and oxygen atoms in total. The molecule has 1 amide bonds. The molecule has 3 rings (SSSR count). The number of aromatic nitrogens is 3. The zero-order chi connectivity index (χ0) is 18.5. The van der Waals surface area contributed by atoms with Gasteiger partial charge in [-0.3, -0.25) is 9.36 Å². The van der Waals surface area contributed by atoms with E-state index in [4.69, 9.17) is 11.6 Å². The molecule has 3 aromatic rings. The van der Waals surface area contributed by atoms with Crippen molar-refractivity contribution in [3.8, 4) is 5.69 Å². The Balaban J connectivity index is 1.62. The van der Waals surface area contributed by atoms with E-state index < -0.39 is 0 Å². The lowest BCUT2D eigenvalue weighted by atomic mass is 10.0. The second-order valence-electron chi connectivity index (χ2n) is 5.90. The molecule has 134 valence electrons. The Bertz CT molecular complexity index is 912. The number of amides is 1. The Morgan fingerprint density at radius 1 is 1.27 bits per heavy atom. The minimum atomic E-state index is -0.0496. The highest BCUT2D eigenvalue weighted by Crippen LogP contribution is 2.22. The number of halogens is 1. The van der Waals surface area contributed by atoms with Crippen LogP contribution >= 0.6 is 23.4 Å². The standard InChI is InChI=1S/C19H19ClN4OS/c1-13-6-3-4-9-17(13)14(2)22-18(25)11-26-19-23-21-12-24(19)16-8-5-7-15(20)10-16/h3-10,12,14H,11H2,1-2H3,(H,22,25). The number of nitrogens with zero attached hydrogens (tertiary/aromatic N) is 3. The molecule has 0 bridgehead atoms. The average molecular weight is 387 g/mol. The van der Waals surface area contributed by atoms with Crippen molar-refractivity contribution in [2.24, 2.45) is 0 Å². The molecule has 2 aromatic carbocycles. The van der Waals surface area contributed by atoms with Gasteiger partial charge in [-0.1, -0.05) is 53.7 Å². The van der Waals surface area contributed by atoms with Gasteiger partial charge >= 0.3 is 0 Å². The van der Waals surface area contributed by atoms with Gasteiger partial charge in [-0.05, 0) is 43.2 Å². The number of carbonyl (C=O) groups is 1. The first-order chi connectivity index (χ1) is 12.5. The van der Waals surface area contributed by atoms with Crippen molar-refractivity contribution in [1.82, 2.24) is 20.1 Å². The number of carbonyl (C=O) groups excluding carboxylic acids is 1. The second kappa shape index (κ2) is 8.38. The fourth-order valence-corrected chi connectivity index (χ4v) is 3.61. The maximum absolute atomic E-state index is 12.3.